The number of hydrogen-bond donors (Lipinski definition) is 1. The average molecular weight is 268 g/mol. The molecule has 0 bridgehead atoms. The normalized spacial score (nSPS) is 24.4. The SMILES string of the molecule is CC(C)=CC12CCC(=O)C(C)=C1c1ccc(O)cc1C2. The standard InChI is InChI=1S/C18H20O2/c1-11(2)9-18-7-6-16(20)12(3)17(18)15-5-4-14(19)8-13(15)10-18/h4-5,8-9,19H,6-7,10H2,1-3H3. The molecule has 1 atom stereocenters. The topological polar surface area (TPSA) is 37.3 Å². The molecule has 0 spiro atoms. The summed E-state index contributed by atoms with van der Waals surface area (Å²) in [7, 11) is 0. The van der Waals surface area contributed by atoms with Crippen molar-refractivity contribution >= 4 is 11.4 Å². The molecule has 1 aromatic rings. The fourth-order valence-corrected chi connectivity index (χ4v) is 3.87. The number of carbonyl (C=O) groups excluding carboxylic acids is 1. The molecule has 0 aromatic heterocycles. The van der Waals surface area contributed by atoms with Crippen LogP contribution in [0.3, 0.4) is 0 Å². The monoisotopic (exact) mass is 268 g/mol. The van der Waals surface area contributed by atoms with Crippen LogP contribution in [0.5, 0.6) is 5.75 Å². The van der Waals surface area contributed by atoms with Gasteiger partial charge in [-0.15, -0.1) is 0 Å². The number of Topliss-reactive ketones (excluding diaryl/α,β-unsaturated/α-hetero) is 1. The fourth-order valence-electron chi connectivity index (χ4n) is 3.87. The minimum absolute atomic E-state index is 0.0487. The van der Waals surface area contributed by atoms with Crippen molar-refractivity contribution < 1.29 is 9.90 Å². The Labute approximate surface area is 119 Å². The van der Waals surface area contributed by atoms with Crippen LogP contribution in [0.2, 0.25) is 0 Å². The molecule has 1 N–H and O–H groups in total. The second-order valence-corrected chi connectivity index (χ2v) is 6.32. The maximum atomic E-state index is 12.1. The zero-order chi connectivity index (χ0) is 14.5. The Morgan fingerprint density at radius 3 is 2.80 bits per heavy atom. The molecule has 0 saturated carbocycles. The Morgan fingerprint density at radius 1 is 1.35 bits per heavy atom. The molecule has 0 radical (unpaired) electrons. The van der Waals surface area contributed by atoms with Gasteiger partial charge in [-0.25, -0.2) is 0 Å². The van der Waals surface area contributed by atoms with Crippen LogP contribution in [0, 0.1) is 5.41 Å². The van der Waals surface area contributed by atoms with Crippen molar-refractivity contribution in [3.05, 3.63) is 46.5 Å². The first-order chi connectivity index (χ1) is 9.43. The van der Waals surface area contributed by atoms with E-state index in [2.05, 4.69) is 19.9 Å². The van der Waals surface area contributed by atoms with Crippen LogP contribution >= 0.6 is 0 Å². The minimum Gasteiger partial charge on any atom is -0.508 e. The predicted molar refractivity (Wildman–Crippen MR) is 80.5 cm³/mol. The van der Waals surface area contributed by atoms with Gasteiger partial charge in [0.1, 0.15) is 5.75 Å². The third kappa shape index (κ3) is 1.82. The number of ketones is 1. The first-order valence-corrected chi connectivity index (χ1v) is 7.16. The third-order valence-corrected chi connectivity index (χ3v) is 4.52. The first kappa shape index (κ1) is 13.2. The quantitative estimate of drug-likeness (QED) is 0.780. The summed E-state index contributed by atoms with van der Waals surface area (Å²) in [5.74, 6) is 0.568. The number of carbonyl (C=O) groups is 1. The van der Waals surface area contributed by atoms with Crippen molar-refractivity contribution in [3.63, 3.8) is 0 Å². The lowest BCUT2D eigenvalue weighted by molar-refractivity contribution is -0.116. The highest BCUT2D eigenvalue weighted by atomic mass is 16.3. The van der Waals surface area contributed by atoms with Crippen molar-refractivity contribution in [1.29, 1.82) is 0 Å². The van der Waals surface area contributed by atoms with E-state index < -0.39 is 0 Å². The lowest BCUT2D eigenvalue weighted by atomic mass is 9.69. The zero-order valence-corrected chi connectivity index (χ0v) is 12.3. The molecule has 3 rings (SSSR count). The van der Waals surface area contributed by atoms with Gasteiger partial charge >= 0.3 is 0 Å². The molecule has 20 heavy (non-hydrogen) atoms. The van der Waals surface area contributed by atoms with Gasteiger partial charge in [0.05, 0.1) is 0 Å². The van der Waals surface area contributed by atoms with Gasteiger partial charge in [-0.3, -0.25) is 4.79 Å². The van der Waals surface area contributed by atoms with Gasteiger partial charge < -0.3 is 5.11 Å². The fraction of sp³-hybridized carbons (Fsp3) is 0.389. The Morgan fingerprint density at radius 2 is 2.10 bits per heavy atom. The van der Waals surface area contributed by atoms with E-state index in [0.29, 0.717) is 12.2 Å². The molecule has 2 heteroatoms. The summed E-state index contributed by atoms with van der Waals surface area (Å²) in [6, 6.07) is 5.53. The molecule has 1 aromatic carbocycles. The summed E-state index contributed by atoms with van der Waals surface area (Å²) < 4.78 is 0. The highest BCUT2D eigenvalue weighted by Crippen LogP contribution is 2.55. The minimum atomic E-state index is -0.0487. The van der Waals surface area contributed by atoms with E-state index >= 15 is 0 Å². The van der Waals surface area contributed by atoms with Crippen molar-refractivity contribution in [2.24, 2.45) is 5.41 Å². The van der Waals surface area contributed by atoms with E-state index in [1.54, 1.807) is 6.07 Å². The maximum absolute atomic E-state index is 12.1. The smallest absolute Gasteiger partial charge is 0.158 e. The van der Waals surface area contributed by atoms with Gasteiger partial charge in [0.25, 0.3) is 0 Å². The molecule has 2 aliphatic carbocycles. The van der Waals surface area contributed by atoms with E-state index in [9.17, 15) is 9.90 Å². The molecule has 0 fully saturated rings. The van der Waals surface area contributed by atoms with Crippen molar-refractivity contribution in [2.45, 2.75) is 40.0 Å². The highest BCUT2D eigenvalue weighted by molar-refractivity contribution is 6.06. The van der Waals surface area contributed by atoms with Crippen molar-refractivity contribution in [1.82, 2.24) is 0 Å². The van der Waals surface area contributed by atoms with E-state index in [1.165, 1.54) is 11.1 Å². The van der Waals surface area contributed by atoms with Crippen LogP contribution in [0.15, 0.2) is 35.4 Å². The Balaban J connectivity index is 2.28. The van der Waals surface area contributed by atoms with E-state index in [0.717, 1.165) is 29.5 Å². The van der Waals surface area contributed by atoms with Gasteiger partial charge in [0.15, 0.2) is 5.78 Å². The molecule has 0 amide bonds. The van der Waals surface area contributed by atoms with Gasteiger partial charge in [-0.2, -0.15) is 0 Å². The second kappa shape index (κ2) is 4.34. The van der Waals surface area contributed by atoms with Crippen LogP contribution in [-0.2, 0) is 11.2 Å². The predicted octanol–water partition coefficient (Wildman–Crippen LogP) is 4.04. The maximum Gasteiger partial charge on any atom is 0.158 e. The van der Waals surface area contributed by atoms with Crippen LogP contribution in [0.4, 0.5) is 0 Å². The van der Waals surface area contributed by atoms with Crippen LogP contribution in [-0.4, -0.2) is 10.9 Å². The Kier molecular flexibility index (Phi) is 2.86. The van der Waals surface area contributed by atoms with Crippen LogP contribution in [0.25, 0.3) is 5.57 Å². The molecule has 1 unspecified atom stereocenters. The van der Waals surface area contributed by atoms with Gasteiger partial charge in [0.2, 0.25) is 0 Å². The molecule has 2 nitrogen and oxygen atoms in total. The molecule has 104 valence electrons. The summed E-state index contributed by atoms with van der Waals surface area (Å²) in [6.07, 6.45) is 4.70. The van der Waals surface area contributed by atoms with Gasteiger partial charge in [0, 0.05) is 11.8 Å². The van der Waals surface area contributed by atoms with E-state index in [1.807, 2.05) is 19.1 Å². The highest BCUT2D eigenvalue weighted by Gasteiger charge is 2.44. The molecular formula is C18H20O2. The lowest BCUT2D eigenvalue weighted by Gasteiger charge is -2.33. The second-order valence-electron chi connectivity index (χ2n) is 6.32. The number of hydrogen-bond acceptors (Lipinski definition) is 2. The number of phenols is 1. The number of allylic oxidation sites excluding steroid dienone is 4. The summed E-state index contributed by atoms with van der Waals surface area (Å²) in [5.41, 5.74) is 5.62. The number of benzene rings is 1. The molecule has 0 heterocycles. The first-order valence-electron chi connectivity index (χ1n) is 7.16. The molecular weight excluding hydrogens is 248 g/mol. The number of fused-ring (bicyclic) bond motifs is 3. The largest absolute Gasteiger partial charge is 0.508 e. The third-order valence-electron chi connectivity index (χ3n) is 4.52. The average Bonchev–Trinajstić information content (AvgIpc) is 2.67. The summed E-state index contributed by atoms with van der Waals surface area (Å²) in [5, 5.41) is 9.72. The Hall–Kier alpha value is -1.83. The molecule has 0 saturated heterocycles. The molecule has 0 aliphatic heterocycles. The summed E-state index contributed by atoms with van der Waals surface area (Å²) in [6.45, 7) is 6.17. The molecule has 2 aliphatic rings. The zero-order valence-electron chi connectivity index (χ0n) is 12.3. The number of aromatic hydroxyl groups is 1. The van der Waals surface area contributed by atoms with Crippen molar-refractivity contribution in [3.8, 4) is 5.75 Å². The number of phenolic OH excluding ortho intramolecular Hbond substituents is 1. The summed E-state index contributed by atoms with van der Waals surface area (Å²) >= 11 is 0. The number of rotatable bonds is 1. The Bertz CT molecular complexity index is 660. The van der Waals surface area contributed by atoms with E-state index in [4.69, 9.17) is 0 Å². The van der Waals surface area contributed by atoms with Gasteiger partial charge in [-0.1, -0.05) is 17.7 Å². The lowest BCUT2D eigenvalue weighted by Crippen LogP contribution is -2.26. The van der Waals surface area contributed by atoms with Crippen LogP contribution in [0.1, 0.15) is 44.7 Å². The van der Waals surface area contributed by atoms with Gasteiger partial charge in [-0.05, 0) is 68.0 Å². The van der Waals surface area contributed by atoms with Crippen LogP contribution < -0.4 is 0 Å². The van der Waals surface area contributed by atoms with Crippen molar-refractivity contribution in [2.75, 3.05) is 0 Å². The summed E-state index contributed by atoms with van der Waals surface area (Å²) in [4.78, 5) is 12.1. The van der Waals surface area contributed by atoms with E-state index in [-0.39, 0.29) is 11.2 Å².